The van der Waals surface area contributed by atoms with Crippen LogP contribution in [0.15, 0.2) is 108 Å². The number of rotatable bonds is 8. The molecule has 0 bridgehead atoms. The number of amides is 1. The highest BCUT2D eigenvalue weighted by Gasteiger charge is 2.22. The van der Waals surface area contributed by atoms with Crippen LogP contribution in [0.2, 0.25) is 10.0 Å². The summed E-state index contributed by atoms with van der Waals surface area (Å²) in [6.07, 6.45) is 1.59. The Hall–Kier alpha value is -3.60. The molecule has 4 nitrogen and oxygen atoms in total. The molecule has 0 radical (unpaired) electrons. The van der Waals surface area contributed by atoms with Gasteiger partial charge in [0.15, 0.2) is 0 Å². The normalized spacial score (nSPS) is 11.0. The first kappa shape index (κ1) is 23.6. The van der Waals surface area contributed by atoms with Gasteiger partial charge in [0.1, 0.15) is 12.4 Å². The van der Waals surface area contributed by atoms with E-state index in [9.17, 15) is 4.79 Å². The Balaban J connectivity index is 1.42. The molecule has 0 atom stereocenters. The first-order chi connectivity index (χ1) is 16.6. The van der Waals surface area contributed by atoms with Gasteiger partial charge in [-0.1, -0.05) is 102 Å². The fourth-order valence-electron chi connectivity index (χ4n) is 3.51. The average Bonchev–Trinajstić information content (AvgIpc) is 2.85. The van der Waals surface area contributed by atoms with Crippen molar-refractivity contribution in [2.24, 2.45) is 5.10 Å². The number of hydrogen-bond acceptors (Lipinski definition) is 3. The molecular weight excluding hydrogens is 467 g/mol. The van der Waals surface area contributed by atoms with Crippen LogP contribution in [-0.2, 0) is 11.4 Å². The second kappa shape index (κ2) is 11.5. The van der Waals surface area contributed by atoms with Gasteiger partial charge in [-0.2, -0.15) is 5.10 Å². The van der Waals surface area contributed by atoms with Crippen molar-refractivity contribution in [1.29, 1.82) is 0 Å². The van der Waals surface area contributed by atoms with Crippen LogP contribution in [0.4, 0.5) is 0 Å². The van der Waals surface area contributed by atoms with Gasteiger partial charge in [0.05, 0.1) is 12.1 Å². The molecule has 0 aliphatic carbocycles. The fourth-order valence-corrected chi connectivity index (χ4v) is 3.97. The minimum Gasteiger partial charge on any atom is -0.489 e. The van der Waals surface area contributed by atoms with Crippen LogP contribution in [0.3, 0.4) is 0 Å². The van der Waals surface area contributed by atoms with E-state index in [1.165, 1.54) is 0 Å². The molecule has 0 aliphatic rings. The number of carbonyl (C=O) groups is 1. The number of benzene rings is 4. The Labute approximate surface area is 208 Å². The van der Waals surface area contributed by atoms with E-state index in [4.69, 9.17) is 27.9 Å². The maximum Gasteiger partial charge on any atom is 0.252 e. The molecule has 0 saturated carbocycles. The van der Waals surface area contributed by atoms with Crippen molar-refractivity contribution in [2.45, 2.75) is 12.5 Å². The lowest BCUT2D eigenvalue weighted by Gasteiger charge is -2.16. The summed E-state index contributed by atoms with van der Waals surface area (Å²) < 4.78 is 5.86. The lowest BCUT2D eigenvalue weighted by Crippen LogP contribution is -2.26. The van der Waals surface area contributed by atoms with Crippen LogP contribution in [0.5, 0.6) is 5.75 Å². The molecule has 0 heterocycles. The summed E-state index contributed by atoms with van der Waals surface area (Å²) in [6.45, 7) is 0.309. The number of carbonyl (C=O) groups excluding carboxylic acids is 1. The largest absolute Gasteiger partial charge is 0.489 e. The van der Waals surface area contributed by atoms with Crippen molar-refractivity contribution in [2.75, 3.05) is 0 Å². The molecule has 4 aromatic carbocycles. The van der Waals surface area contributed by atoms with E-state index < -0.39 is 5.92 Å². The molecule has 0 fully saturated rings. The summed E-state index contributed by atoms with van der Waals surface area (Å²) in [6, 6.07) is 32.0. The molecule has 0 aromatic heterocycles. The monoisotopic (exact) mass is 488 g/mol. The zero-order valence-corrected chi connectivity index (χ0v) is 19.7. The maximum absolute atomic E-state index is 13.0. The van der Waals surface area contributed by atoms with Gasteiger partial charge in [0.25, 0.3) is 5.91 Å². The third-order valence-electron chi connectivity index (χ3n) is 5.18. The lowest BCUT2D eigenvalue weighted by atomic mass is 9.91. The van der Waals surface area contributed by atoms with Gasteiger partial charge >= 0.3 is 0 Å². The van der Waals surface area contributed by atoms with E-state index in [2.05, 4.69) is 10.5 Å². The van der Waals surface area contributed by atoms with Gasteiger partial charge in [-0.25, -0.2) is 5.43 Å². The second-order valence-electron chi connectivity index (χ2n) is 7.59. The molecule has 1 amide bonds. The number of hydrazone groups is 1. The summed E-state index contributed by atoms with van der Waals surface area (Å²) in [4.78, 5) is 13.0. The van der Waals surface area contributed by atoms with Crippen molar-refractivity contribution in [1.82, 2.24) is 5.43 Å². The van der Waals surface area contributed by atoms with E-state index in [1.54, 1.807) is 18.3 Å². The highest BCUT2D eigenvalue weighted by atomic mass is 35.5. The fraction of sp³-hybridized carbons (Fsp3) is 0.0714. The number of halogens is 2. The Bertz CT molecular complexity index is 1240. The second-order valence-corrected chi connectivity index (χ2v) is 8.43. The maximum atomic E-state index is 13.0. The highest BCUT2D eigenvalue weighted by molar-refractivity contribution is 6.35. The Morgan fingerprint density at radius 2 is 1.53 bits per heavy atom. The first-order valence-corrected chi connectivity index (χ1v) is 11.5. The molecule has 6 heteroatoms. The van der Waals surface area contributed by atoms with Crippen LogP contribution in [0.1, 0.15) is 28.2 Å². The molecule has 0 unspecified atom stereocenters. The van der Waals surface area contributed by atoms with Gasteiger partial charge in [-0.15, -0.1) is 0 Å². The van der Waals surface area contributed by atoms with E-state index in [0.717, 1.165) is 22.3 Å². The standard InChI is InChI=1S/C28H22Cl2N2O2/c29-24-15-14-23(26(30)17-24)19-34-25-13-7-8-20(16-25)18-31-32-28(33)27(21-9-3-1-4-10-21)22-11-5-2-6-12-22/h1-18,27H,19H2,(H,32,33)/b31-18-. The van der Waals surface area contributed by atoms with Crippen molar-refractivity contribution in [3.63, 3.8) is 0 Å². The molecule has 0 saturated heterocycles. The van der Waals surface area contributed by atoms with Gasteiger partial charge in [0.2, 0.25) is 0 Å². The number of hydrogen-bond donors (Lipinski definition) is 1. The summed E-state index contributed by atoms with van der Waals surface area (Å²) in [7, 11) is 0. The summed E-state index contributed by atoms with van der Waals surface area (Å²) >= 11 is 12.2. The molecule has 4 rings (SSSR count). The molecule has 170 valence electrons. The Morgan fingerprint density at radius 1 is 0.853 bits per heavy atom. The van der Waals surface area contributed by atoms with Crippen LogP contribution in [-0.4, -0.2) is 12.1 Å². The molecule has 4 aromatic rings. The van der Waals surface area contributed by atoms with E-state index in [-0.39, 0.29) is 5.91 Å². The van der Waals surface area contributed by atoms with Gasteiger partial charge in [-0.05, 0) is 41.0 Å². The van der Waals surface area contributed by atoms with Crippen LogP contribution in [0.25, 0.3) is 0 Å². The Kier molecular flexibility index (Phi) is 7.97. The molecular formula is C28H22Cl2N2O2. The number of nitrogens with zero attached hydrogens (tertiary/aromatic N) is 1. The lowest BCUT2D eigenvalue weighted by molar-refractivity contribution is -0.121. The topological polar surface area (TPSA) is 50.7 Å². The summed E-state index contributed by atoms with van der Waals surface area (Å²) in [5.41, 5.74) is 6.11. The van der Waals surface area contributed by atoms with Crippen molar-refractivity contribution < 1.29 is 9.53 Å². The third-order valence-corrected chi connectivity index (χ3v) is 5.77. The van der Waals surface area contributed by atoms with Crippen molar-refractivity contribution in [3.8, 4) is 5.75 Å². The van der Waals surface area contributed by atoms with E-state index >= 15 is 0 Å². The van der Waals surface area contributed by atoms with Crippen LogP contribution in [0, 0.1) is 0 Å². The van der Waals surface area contributed by atoms with Gasteiger partial charge < -0.3 is 4.74 Å². The zero-order valence-electron chi connectivity index (χ0n) is 18.2. The molecule has 1 N–H and O–H groups in total. The SMILES string of the molecule is O=C(N/N=C\c1cccc(OCc2ccc(Cl)cc2Cl)c1)C(c1ccccc1)c1ccccc1. The van der Waals surface area contributed by atoms with Gasteiger partial charge in [0, 0.05) is 15.6 Å². The van der Waals surface area contributed by atoms with Crippen LogP contribution < -0.4 is 10.2 Å². The summed E-state index contributed by atoms with van der Waals surface area (Å²) in [5, 5.41) is 5.32. The minimum atomic E-state index is -0.460. The van der Waals surface area contributed by atoms with Gasteiger partial charge in [-0.3, -0.25) is 4.79 Å². The third kappa shape index (κ3) is 6.25. The first-order valence-electron chi connectivity index (χ1n) is 10.7. The quantitative estimate of drug-likeness (QED) is 0.217. The smallest absolute Gasteiger partial charge is 0.252 e. The average molecular weight is 489 g/mol. The summed E-state index contributed by atoms with van der Waals surface area (Å²) in [5.74, 6) is -0.00971. The number of ether oxygens (including phenoxy) is 1. The minimum absolute atomic E-state index is 0.210. The predicted molar refractivity (Wildman–Crippen MR) is 138 cm³/mol. The predicted octanol–water partition coefficient (Wildman–Crippen LogP) is 6.85. The number of nitrogens with one attached hydrogen (secondary N) is 1. The molecule has 0 aliphatic heterocycles. The van der Waals surface area contributed by atoms with Crippen molar-refractivity contribution >= 4 is 35.3 Å². The van der Waals surface area contributed by atoms with E-state index in [0.29, 0.717) is 22.4 Å². The van der Waals surface area contributed by atoms with Crippen molar-refractivity contribution in [3.05, 3.63) is 135 Å². The Morgan fingerprint density at radius 3 is 2.18 bits per heavy atom. The highest BCUT2D eigenvalue weighted by Crippen LogP contribution is 2.25. The zero-order chi connectivity index (χ0) is 23.8. The van der Waals surface area contributed by atoms with Crippen LogP contribution >= 0.6 is 23.2 Å². The molecule has 0 spiro atoms. The van der Waals surface area contributed by atoms with E-state index in [1.807, 2.05) is 91.0 Å². The molecule has 34 heavy (non-hydrogen) atoms.